The van der Waals surface area contributed by atoms with Crippen LogP contribution in [0.25, 0.3) is 0 Å². The molecule has 0 aliphatic carbocycles. The largest absolute Gasteiger partial charge is 0.393 e. The molecule has 2 unspecified atom stereocenters. The van der Waals surface area contributed by atoms with Crippen LogP contribution >= 0.6 is 0 Å². The third kappa shape index (κ3) is 5.45. The summed E-state index contributed by atoms with van der Waals surface area (Å²) < 4.78 is 25.9. The van der Waals surface area contributed by atoms with E-state index < -0.39 is 16.1 Å². The first-order valence-electron chi connectivity index (χ1n) is 6.85. The quantitative estimate of drug-likeness (QED) is 0.696. The molecule has 0 radical (unpaired) electrons. The Bertz CT molecular complexity index is 567. The molecule has 118 valence electrons. The Kier molecular flexibility index (Phi) is 6.32. The van der Waals surface area contributed by atoms with Crippen molar-refractivity contribution in [2.45, 2.75) is 44.2 Å². The zero-order valence-electron chi connectivity index (χ0n) is 12.5. The molecular weight excluding hydrogens is 292 g/mol. The van der Waals surface area contributed by atoms with Crippen molar-refractivity contribution in [3.63, 3.8) is 0 Å². The minimum atomic E-state index is -3.51. The Labute approximate surface area is 125 Å². The van der Waals surface area contributed by atoms with Crippen molar-refractivity contribution < 1.29 is 18.3 Å². The van der Waals surface area contributed by atoms with Crippen LogP contribution in [0.15, 0.2) is 29.2 Å². The highest BCUT2D eigenvalue weighted by atomic mass is 32.2. The van der Waals surface area contributed by atoms with Gasteiger partial charge in [0.1, 0.15) is 0 Å². The number of aliphatic hydroxyl groups is 1. The Balaban J connectivity index is 2.76. The van der Waals surface area contributed by atoms with E-state index in [0.717, 1.165) is 0 Å². The summed E-state index contributed by atoms with van der Waals surface area (Å²) in [6.07, 6.45) is -0.0357. The van der Waals surface area contributed by atoms with Crippen molar-refractivity contribution in [1.29, 1.82) is 0 Å². The first kappa shape index (κ1) is 17.6. The van der Waals surface area contributed by atoms with E-state index in [1.165, 1.54) is 24.3 Å². The van der Waals surface area contributed by atoms with Gasteiger partial charge in [-0.1, -0.05) is 6.92 Å². The predicted octanol–water partition coefficient (Wildman–Crippen LogP) is 0.874. The predicted molar refractivity (Wildman–Crippen MR) is 80.5 cm³/mol. The van der Waals surface area contributed by atoms with E-state index in [0.29, 0.717) is 18.5 Å². The molecular formula is C14H22N2O4S. The van der Waals surface area contributed by atoms with Crippen LogP contribution in [0.2, 0.25) is 0 Å². The summed E-state index contributed by atoms with van der Waals surface area (Å²) in [4.78, 5) is 12.1. The molecule has 21 heavy (non-hydrogen) atoms. The van der Waals surface area contributed by atoms with Gasteiger partial charge in [-0.2, -0.15) is 0 Å². The van der Waals surface area contributed by atoms with Gasteiger partial charge in [0.2, 0.25) is 10.0 Å². The van der Waals surface area contributed by atoms with Gasteiger partial charge in [0, 0.05) is 18.2 Å². The zero-order valence-corrected chi connectivity index (χ0v) is 13.3. The summed E-state index contributed by atoms with van der Waals surface area (Å²) in [6, 6.07) is 5.56. The number of carbonyl (C=O) groups is 1. The monoisotopic (exact) mass is 314 g/mol. The molecule has 1 rings (SSSR count). The molecule has 0 bridgehead atoms. The standard InChI is InChI=1S/C14H22N2O4S/c1-4-15-21(19,20)13-7-5-12(6-8-13)14(18)16-10(2)9-11(3)17/h5-8,10-11,15,17H,4,9H2,1-3H3,(H,16,18). The molecule has 7 heteroatoms. The molecule has 0 spiro atoms. The first-order valence-corrected chi connectivity index (χ1v) is 8.33. The lowest BCUT2D eigenvalue weighted by atomic mass is 10.1. The number of nitrogens with one attached hydrogen (secondary N) is 2. The Morgan fingerprint density at radius 1 is 1.24 bits per heavy atom. The number of rotatable bonds is 7. The molecule has 1 aromatic rings. The fourth-order valence-electron chi connectivity index (χ4n) is 1.94. The van der Waals surface area contributed by atoms with Crippen LogP contribution in [-0.2, 0) is 10.0 Å². The second-order valence-electron chi connectivity index (χ2n) is 4.98. The Hall–Kier alpha value is -1.44. The number of amides is 1. The van der Waals surface area contributed by atoms with Gasteiger partial charge in [-0.05, 0) is 44.5 Å². The van der Waals surface area contributed by atoms with Crippen LogP contribution in [0.1, 0.15) is 37.6 Å². The van der Waals surface area contributed by atoms with Gasteiger partial charge in [-0.3, -0.25) is 4.79 Å². The number of hydrogen-bond acceptors (Lipinski definition) is 4. The first-order chi connectivity index (χ1) is 9.76. The molecule has 0 saturated heterocycles. The van der Waals surface area contributed by atoms with Crippen molar-refractivity contribution in [1.82, 2.24) is 10.0 Å². The maximum Gasteiger partial charge on any atom is 0.251 e. The molecule has 0 saturated carbocycles. The van der Waals surface area contributed by atoms with Crippen LogP contribution in [0.4, 0.5) is 0 Å². The summed E-state index contributed by atoms with van der Waals surface area (Å²) in [6.45, 7) is 5.46. The third-order valence-corrected chi connectivity index (χ3v) is 4.39. The van der Waals surface area contributed by atoms with E-state index in [1.807, 2.05) is 0 Å². The molecule has 0 fully saturated rings. The Morgan fingerprint density at radius 3 is 2.29 bits per heavy atom. The number of benzene rings is 1. The van der Waals surface area contributed by atoms with Crippen molar-refractivity contribution in [2.24, 2.45) is 0 Å². The maximum absolute atomic E-state index is 12.0. The summed E-state index contributed by atoms with van der Waals surface area (Å²) in [5, 5.41) is 12.0. The van der Waals surface area contributed by atoms with Gasteiger partial charge in [-0.15, -0.1) is 0 Å². The SMILES string of the molecule is CCNS(=O)(=O)c1ccc(C(=O)NC(C)CC(C)O)cc1. The fourth-order valence-corrected chi connectivity index (χ4v) is 2.98. The van der Waals surface area contributed by atoms with Crippen LogP contribution in [0.3, 0.4) is 0 Å². The van der Waals surface area contributed by atoms with Gasteiger partial charge in [0.05, 0.1) is 11.0 Å². The summed E-state index contributed by atoms with van der Waals surface area (Å²) in [5.74, 6) is -0.296. The lowest BCUT2D eigenvalue weighted by molar-refractivity contribution is 0.0923. The minimum absolute atomic E-state index is 0.123. The molecule has 1 aromatic carbocycles. The summed E-state index contributed by atoms with van der Waals surface area (Å²) >= 11 is 0. The highest BCUT2D eigenvalue weighted by Crippen LogP contribution is 2.11. The highest BCUT2D eigenvalue weighted by Gasteiger charge is 2.15. The van der Waals surface area contributed by atoms with Crippen molar-refractivity contribution in [3.05, 3.63) is 29.8 Å². The average molecular weight is 314 g/mol. The fraction of sp³-hybridized carbons (Fsp3) is 0.500. The van der Waals surface area contributed by atoms with E-state index in [4.69, 9.17) is 0 Å². The van der Waals surface area contributed by atoms with E-state index in [1.54, 1.807) is 20.8 Å². The van der Waals surface area contributed by atoms with Crippen LogP contribution in [0, 0.1) is 0 Å². The van der Waals surface area contributed by atoms with Crippen LogP contribution < -0.4 is 10.0 Å². The van der Waals surface area contributed by atoms with Gasteiger partial charge in [0.25, 0.3) is 5.91 Å². The van der Waals surface area contributed by atoms with E-state index in [9.17, 15) is 18.3 Å². The topological polar surface area (TPSA) is 95.5 Å². The zero-order chi connectivity index (χ0) is 16.0. The van der Waals surface area contributed by atoms with E-state index >= 15 is 0 Å². The molecule has 0 heterocycles. The minimum Gasteiger partial charge on any atom is -0.393 e. The van der Waals surface area contributed by atoms with Crippen LogP contribution in [0.5, 0.6) is 0 Å². The number of sulfonamides is 1. The number of carbonyl (C=O) groups excluding carboxylic acids is 1. The van der Waals surface area contributed by atoms with Gasteiger partial charge < -0.3 is 10.4 Å². The average Bonchev–Trinajstić information content (AvgIpc) is 2.37. The second-order valence-corrected chi connectivity index (χ2v) is 6.75. The highest BCUT2D eigenvalue weighted by molar-refractivity contribution is 7.89. The molecule has 0 aliphatic rings. The lowest BCUT2D eigenvalue weighted by Gasteiger charge is -2.15. The lowest BCUT2D eigenvalue weighted by Crippen LogP contribution is -2.34. The molecule has 3 N–H and O–H groups in total. The third-order valence-electron chi connectivity index (χ3n) is 2.83. The van der Waals surface area contributed by atoms with E-state index in [-0.39, 0.29) is 16.8 Å². The molecule has 2 atom stereocenters. The summed E-state index contributed by atoms with van der Waals surface area (Å²) in [5.41, 5.74) is 0.378. The van der Waals surface area contributed by atoms with Crippen molar-refractivity contribution in [2.75, 3.05) is 6.54 Å². The van der Waals surface area contributed by atoms with Gasteiger partial charge >= 0.3 is 0 Å². The molecule has 1 amide bonds. The smallest absolute Gasteiger partial charge is 0.251 e. The van der Waals surface area contributed by atoms with E-state index in [2.05, 4.69) is 10.0 Å². The molecule has 0 aromatic heterocycles. The molecule has 6 nitrogen and oxygen atoms in total. The second kappa shape index (κ2) is 7.53. The Morgan fingerprint density at radius 2 is 1.81 bits per heavy atom. The maximum atomic E-state index is 12.0. The van der Waals surface area contributed by atoms with Gasteiger partial charge in [0.15, 0.2) is 0 Å². The summed E-state index contributed by atoms with van der Waals surface area (Å²) in [7, 11) is -3.51. The normalized spacial score (nSPS) is 14.5. The molecule has 0 aliphatic heterocycles. The number of hydrogen-bond donors (Lipinski definition) is 3. The van der Waals surface area contributed by atoms with Crippen LogP contribution in [-0.4, -0.2) is 38.1 Å². The van der Waals surface area contributed by atoms with Crippen molar-refractivity contribution in [3.8, 4) is 0 Å². The van der Waals surface area contributed by atoms with Crippen molar-refractivity contribution >= 4 is 15.9 Å². The van der Waals surface area contributed by atoms with Gasteiger partial charge in [-0.25, -0.2) is 13.1 Å². The number of aliphatic hydroxyl groups excluding tert-OH is 1.